The number of hydrogen-bond donors (Lipinski definition) is 0. The van der Waals surface area contributed by atoms with Crippen molar-refractivity contribution < 1.29 is 9.72 Å². The number of piperidine rings is 1. The summed E-state index contributed by atoms with van der Waals surface area (Å²) in [5.74, 6) is 0.152. The molecule has 1 unspecified atom stereocenters. The van der Waals surface area contributed by atoms with Crippen LogP contribution in [0.3, 0.4) is 0 Å². The highest BCUT2D eigenvalue weighted by Gasteiger charge is 2.32. The number of nitriles is 1. The molecular weight excluding hydrogens is 260 g/mol. The van der Waals surface area contributed by atoms with Crippen molar-refractivity contribution in [2.45, 2.75) is 32.2 Å². The number of aromatic nitrogens is 1. The number of carbonyl (C=O) groups is 1. The van der Waals surface area contributed by atoms with Gasteiger partial charge in [-0.1, -0.05) is 0 Å². The van der Waals surface area contributed by atoms with Crippen LogP contribution in [0.15, 0.2) is 12.3 Å². The van der Waals surface area contributed by atoms with Gasteiger partial charge in [-0.05, 0) is 26.2 Å². The van der Waals surface area contributed by atoms with E-state index in [9.17, 15) is 14.9 Å². The third kappa shape index (κ3) is 2.59. The highest BCUT2D eigenvalue weighted by atomic mass is 16.6. The summed E-state index contributed by atoms with van der Waals surface area (Å²) in [7, 11) is 0. The molecule has 104 valence electrons. The molecule has 0 amide bonds. The van der Waals surface area contributed by atoms with Gasteiger partial charge in [0.1, 0.15) is 6.07 Å². The molecule has 2 heterocycles. The first-order valence-electron chi connectivity index (χ1n) is 6.36. The molecule has 20 heavy (non-hydrogen) atoms. The van der Waals surface area contributed by atoms with E-state index in [1.807, 2.05) is 6.07 Å². The standard InChI is InChI=1S/C13H14N4O3/c1-9(18)11-4-2-3-5-16(11)13-12(17(19)20)6-10(7-14)8-15-13/h6,8,11H,2-5H2,1H3. The molecule has 0 aromatic carbocycles. The maximum atomic E-state index is 11.7. The number of hydrogen-bond acceptors (Lipinski definition) is 6. The molecule has 0 saturated carbocycles. The van der Waals surface area contributed by atoms with Crippen molar-refractivity contribution in [3.63, 3.8) is 0 Å². The number of nitro groups is 1. The van der Waals surface area contributed by atoms with E-state index in [1.54, 1.807) is 4.90 Å². The van der Waals surface area contributed by atoms with Gasteiger partial charge in [0.25, 0.3) is 0 Å². The van der Waals surface area contributed by atoms with Crippen LogP contribution in [0.2, 0.25) is 0 Å². The summed E-state index contributed by atoms with van der Waals surface area (Å²) in [6.07, 6.45) is 3.76. The molecular formula is C13H14N4O3. The fraction of sp³-hybridized carbons (Fsp3) is 0.462. The van der Waals surface area contributed by atoms with Crippen molar-refractivity contribution in [2.24, 2.45) is 0 Å². The molecule has 1 aromatic rings. The van der Waals surface area contributed by atoms with E-state index in [0.717, 1.165) is 12.8 Å². The van der Waals surface area contributed by atoms with Gasteiger partial charge in [0.15, 0.2) is 5.78 Å². The molecule has 1 atom stereocenters. The zero-order valence-corrected chi connectivity index (χ0v) is 11.1. The van der Waals surface area contributed by atoms with E-state index in [1.165, 1.54) is 19.2 Å². The third-order valence-electron chi connectivity index (χ3n) is 3.42. The monoisotopic (exact) mass is 274 g/mol. The number of anilines is 1. The van der Waals surface area contributed by atoms with E-state index < -0.39 is 4.92 Å². The second kappa shape index (κ2) is 5.65. The van der Waals surface area contributed by atoms with E-state index in [-0.39, 0.29) is 28.9 Å². The molecule has 7 nitrogen and oxygen atoms in total. The lowest BCUT2D eigenvalue weighted by Gasteiger charge is -2.34. The maximum absolute atomic E-state index is 11.7. The Morgan fingerprint density at radius 1 is 1.60 bits per heavy atom. The van der Waals surface area contributed by atoms with Crippen LogP contribution in [0.25, 0.3) is 0 Å². The summed E-state index contributed by atoms with van der Waals surface area (Å²) in [5, 5.41) is 20.0. The van der Waals surface area contributed by atoms with Crippen molar-refractivity contribution in [3.8, 4) is 6.07 Å². The van der Waals surface area contributed by atoms with Gasteiger partial charge in [0.2, 0.25) is 5.82 Å². The summed E-state index contributed by atoms with van der Waals surface area (Å²) in [4.78, 5) is 28.0. The Hall–Kier alpha value is -2.49. The van der Waals surface area contributed by atoms with Crippen LogP contribution in [-0.4, -0.2) is 28.3 Å². The van der Waals surface area contributed by atoms with Crippen molar-refractivity contribution in [2.75, 3.05) is 11.4 Å². The van der Waals surface area contributed by atoms with E-state index in [0.29, 0.717) is 13.0 Å². The first-order chi connectivity index (χ1) is 9.54. The summed E-state index contributed by atoms with van der Waals surface area (Å²) in [6, 6.07) is 2.66. The van der Waals surface area contributed by atoms with E-state index >= 15 is 0 Å². The van der Waals surface area contributed by atoms with Crippen molar-refractivity contribution in [1.82, 2.24) is 4.98 Å². The second-order valence-electron chi connectivity index (χ2n) is 4.75. The fourth-order valence-electron chi connectivity index (χ4n) is 2.47. The average molecular weight is 274 g/mol. The maximum Gasteiger partial charge on any atom is 0.312 e. The number of nitrogens with zero attached hydrogens (tertiary/aromatic N) is 4. The Morgan fingerprint density at radius 3 is 2.95 bits per heavy atom. The Balaban J connectivity index is 2.47. The lowest BCUT2D eigenvalue weighted by molar-refractivity contribution is -0.384. The van der Waals surface area contributed by atoms with Gasteiger partial charge >= 0.3 is 5.69 Å². The van der Waals surface area contributed by atoms with Crippen LogP contribution >= 0.6 is 0 Å². The third-order valence-corrected chi connectivity index (χ3v) is 3.42. The smallest absolute Gasteiger partial charge is 0.312 e. The molecule has 2 rings (SSSR count). The van der Waals surface area contributed by atoms with Crippen LogP contribution in [0.5, 0.6) is 0 Å². The van der Waals surface area contributed by atoms with Gasteiger partial charge in [-0.2, -0.15) is 5.26 Å². The Morgan fingerprint density at radius 2 is 2.35 bits per heavy atom. The molecule has 0 bridgehead atoms. The fourth-order valence-corrected chi connectivity index (χ4v) is 2.47. The SMILES string of the molecule is CC(=O)C1CCCCN1c1ncc(C#N)cc1[N+](=O)[O-]. The molecule has 0 aliphatic carbocycles. The van der Waals surface area contributed by atoms with E-state index in [2.05, 4.69) is 4.98 Å². The number of pyridine rings is 1. The molecule has 0 radical (unpaired) electrons. The van der Waals surface area contributed by atoms with Gasteiger partial charge in [0.05, 0.1) is 16.5 Å². The van der Waals surface area contributed by atoms with Crippen LogP contribution in [0.1, 0.15) is 31.7 Å². The van der Waals surface area contributed by atoms with Crippen molar-refractivity contribution in [3.05, 3.63) is 27.9 Å². The first kappa shape index (κ1) is 13.9. The highest BCUT2D eigenvalue weighted by molar-refractivity contribution is 5.85. The minimum atomic E-state index is -0.561. The molecule has 1 aliphatic heterocycles. The molecule has 0 N–H and O–H groups in total. The van der Waals surface area contributed by atoms with Gasteiger partial charge in [0, 0.05) is 18.8 Å². The van der Waals surface area contributed by atoms with Crippen LogP contribution in [0, 0.1) is 21.4 Å². The molecule has 1 fully saturated rings. The molecule has 0 spiro atoms. The van der Waals surface area contributed by atoms with E-state index in [4.69, 9.17) is 5.26 Å². The lowest BCUT2D eigenvalue weighted by atomic mass is 9.99. The minimum Gasteiger partial charge on any atom is -0.341 e. The minimum absolute atomic E-state index is 0.0230. The Labute approximate surface area is 116 Å². The van der Waals surface area contributed by atoms with Gasteiger partial charge < -0.3 is 4.90 Å². The Bertz CT molecular complexity index is 594. The summed E-state index contributed by atoms with van der Waals surface area (Å²) < 4.78 is 0. The molecule has 1 aliphatic rings. The zero-order valence-electron chi connectivity index (χ0n) is 11.1. The van der Waals surface area contributed by atoms with Crippen molar-refractivity contribution >= 4 is 17.3 Å². The molecule has 1 saturated heterocycles. The normalized spacial score (nSPS) is 18.4. The first-order valence-corrected chi connectivity index (χ1v) is 6.36. The lowest BCUT2D eigenvalue weighted by Crippen LogP contribution is -2.44. The predicted molar refractivity (Wildman–Crippen MR) is 71.3 cm³/mol. The van der Waals surface area contributed by atoms with Crippen molar-refractivity contribution in [1.29, 1.82) is 5.26 Å². The summed E-state index contributed by atoms with van der Waals surface area (Å²) >= 11 is 0. The van der Waals surface area contributed by atoms with Gasteiger partial charge in [-0.15, -0.1) is 0 Å². The highest BCUT2D eigenvalue weighted by Crippen LogP contribution is 2.31. The molecule has 1 aromatic heterocycles. The zero-order chi connectivity index (χ0) is 14.7. The predicted octanol–water partition coefficient (Wildman–Crippen LogP) is 1.81. The quantitative estimate of drug-likeness (QED) is 0.615. The number of ketones is 1. The Kier molecular flexibility index (Phi) is 3.94. The van der Waals surface area contributed by atoms with Crippen LogP contribution in [0.4, 0.5) is 11.5 Å². The average Bonchev–Trinajstić information content (AvgIpc) is 2.46. The number of Topliss-reactive ketones (excluding diaryl/α,β-unsaturated/α-hetero) is 1. The van der Waals surface area contributed by atoms with Gasteiger partial charge in [-0.25, -0.2) is 4.98 Å². The topological polar surface area (TPSA) is 100 Å². The summed E-state index contributed by atoms with van der Waals surface area (Å²) in [5.41, 5.74) is -0.0889. The number of rotatable bonds is 3. The molecule has 7 heteroatoms. The van der Waals surface area contributed by atoms with Crippen LogP contribution < -0.4 is 4.90 Å². The van der Waals surface area contributed by atoms with Crippen LogP contribution in [-0.2, 0) is 4.79 Å². The number of carbonyl (C=O) groups excluding carboxylic acids is 1. The summed E-state index contributed by atoms with van der Waals surface area (Å²) in [6.45, 7) is 2.04. The van der Waals surface area contributed by atoms with Gasteiger partial charge in [-0.3, -0.25) is 14.9 Å². The largest absolute Gasteiger partial charge is 0.341 e. The second-order valence-corrected chi connectivity index (χ2v) is 4.75.